The van der Waals surface area contributed by atoms with Crippen molar-refractivity contribution >= 4 is 22.5 Å². The van der Waals surface area contributed by atoms with Gasteiger partial charge in [0.05, 0.1) is 30.5 Å². The quantitative estimate of drug-likeness (QED) is 0.587. The SMILES string of the molecule is O=C(c1ccc(C2=CN3C(C#Cc4ccnc5[nH]ncc45)=CCC=C3C=C2)cc1)N1CCOCC1. The number of fused-ring (bicyclic) bond motifs is 2. The molecule has 3 aromatic rings. The molecule has 0 aliphatic carbocycles. The van der Waals surface area contributed by atoms with E-state index in [-0.39, 0.29) is 5.91 Å². The van der Waals surface area contributed by atoms with Gasteiger partial charge in [0.15, 0.2) is 5.65 Å². The first-order valence-corrected chi connectivity index (χ1v) is 11.6. The Kier molecular flexibility index (Phi) is 5.49. The van der Waals surface area contributed by atoms with Gasteiger partial charge < -0.3 is 14.5 Å². The molecule has 0 atom stereocenters. The third-order valence-electron chi connectivity index (χ3n) is 6.32. The molecule has 1 aromatic carbocycles. The van der Waals surface area contributed by atoms with Crippen LogP contribution in [0.3, 0.4) is 0 Å². The van der Waals surface area contributed by atoms with Crippen molar-refractivity contribution in [2.24, 2.45) is 0 Å². The molecule has 1 N–H and O–H groups in total. The molecular weight excluding hydrogens is 438 g/mol. The van der Waals surface area contributed by atoms with Crippen LogP contribution in [-0.2, 0) is 4.74 Å². The van der Waals surface area contributed by atoms with Crippen molar-refractivity contribution < 1.29 is 9.53 Å². The van der Waals surface area contributed by atoms with E-state index in [4.69, 9.17) is 4.74 Å². The average Bonchev–Trinajstić information content (AvgIpc) is 3.41. The van der Waals surface area contributed by atoms with Crippen molar-refractivity contribution in [3.05, 3.63) is 101 Å². The average molecular weight is 462 g/mol. The molecule has 0 radical (unpaired) electrons. The minimum atomic E-state index is 0.0533. The molecule has 0 unspecified atom stereocenters. The number of amides is 1. The normalized spacial score (nSPS) is 17.2. The Morgan fingerprint density at radius 2 is 1.89 bits per heavy atom. The number of carbonyl (C=O) groups excluding carboxylic acids is 1. The summed E-state index contributed by atoms with van der Waals surface area (Å²) in [5, 5.41) is 7.87. The first-order chi connectivity index (χ1) is 17.3. The van der Waals surface area contributed by atoms with Gasteiger partial charge in [-0.25, -0.2) is 4.98 Å². The van der Waals surface area contributed by atoms with Gasteiger partial charge in [0.1, 0.15) is 0 Å². The Bertz CT molecular complexity index is 1470. The summed E-state index contributed by atoms with van der Waals surface area (Å²) in [7, 11) is 0. The maximum absolute atomic E-state index is 12.8. The van der Waals surface area contributed by atoms with Crippen molar-refractivity contribution in [2.45, 2.75) is 6.42 Å². The summed E-state index contributed by atoms with van der Waals surface area (Å²) in [6.45, 7) is 2.47. The van der Waals surface area contributed by atoms with Crippen molar-refractivity contribution in [1.82, 2.24) is 25.0 Å². The zero-order valence-corrected chi connectivity index (χ0v) is 19.1. The number of nitrogens with one attached hydrogen (secondary N) is 1. The number of ether oxygens (including phenoxy) is 1. The fraction of sp³-hybridized carbons (Fsp3) is 0.179. The van der Waals surface area contributed by atoms with Crippen LogP contribution in [0.2, 0.25) is 0 Å². The van der Waals surface area contributed by atoms with E-state index in [0.29, 0.717) is 31.9 Å². The second kappa shape index (κ2) is 9.09. The number of rotatable bonds is 2. The molecule has 1 fully saturated rings. The summed E-state index contributed by atoms with van der Waals surface area (Å²) >= 11 is 0. The predicted octanol–water partition coefficient (Wildman–Crippen LogP) is 3.87. The van der Waals surface area contributed by atoms with Crippen LogP contribution in [0, 0.1) is 11.8 Å². The third-order valence-corrected chi connectivity index (χ3v) is 6.32. The summed E-state index contributed by atoms with van der Waals surface area (Å²) in [5.74, 6) is 6.68. The molecule has 2 aromatic heterocycles. The van der Waals surface area contributed by atoms with Gasteiger partial charge in [-0.15, -0.1) is 0 Å². The van der Waals surface area contributed by atoms with Crippen molar-refractivity contribution in [3.63, 3.8) is 0 Å². The van der Waals surface area contributed by atoms with Gasteiger partial charge in [-0.1, -0.05) is 30.2 Å². The predicted molar refractivity (Wildman–Crippen MR) is 134 cm³/mol. The second-order valence-corrected chi connectivity index (χ2v) is 8.46. The Morgan fingerprint density at radius 1 is 1.03 bits per heavy atom. The molecule has 0 spiro atoms. The standard InChI is InChI=1S/C28H23N5O2/c34-28(32-14-16-35-17-15-32)22-6-4-20(5-7-22)23-9-11-25-3-1-2-24(33(25)19-23)10-8-21-12-13-29-27-26(21)18-30-31-27/h2-7,9,11-13,18-19H,1,14-17H2,(H,29,30,31). The minimum absolute atomic E-state index is 0.0533. The van der Waals surface area contributed by atoms with Crippen molar-refractivity contribution in [2.75, 3.05) is 26.3 Å². The Morgan fingerprint density at radius 3 is 2.74 bits per heavy atom. The van der Waals surface area contributed by atoms with Crippen molar-refractivity contribution in [3.8, 4) is 11.8 Å². The molecule has 3 aliphatic heterocycles. The van der Waals surface area contributed by atoms with Crippen molar-refractivity contribution in [1.29, 1.82) is 0 Å². The lowest BCUT2D eigenvalue weighted by atomic mass is 9.99. The summed E-state index contributed by atoms with van der Waals surface area (Å²) in [4.78, 5) is 21.0. The number of pyridine rings is 1. The van der Waals surface area contributed by atoms with Gasteiger partial charge in [0, 0.05) is 42.3 Å². The highest BCUT2D eigenvalue weighted by atomic mass is 16.5. The largest absolute Gasteiger partial charge is 0.378 e. The molecule has 3 aliphatic rings. The molecule has 0 bridgehead atoms. The zero-order valence-electron chi connectivity index (χ0n) is 19.1. The highest BCUT2D eigenvalue weighted by Gasteiger charge is 2.20. The topological polar surface area (TPSA) is 74.4 Å². The van der Waals surface area contributed by atoms with Crippen LogP contribution in [0.15, 0.2) is 84.6 Å². The first kappa shape index (κ1) is 21.1. The third kappa shape index (κ3) is 4.16. The second-order valence-electron chi connectivity index (χ2n) is 8.46. The number of H-pyrrole nitrogens is 1. The number of allylic oxidation sites excluding steroid dienone is 6. The van der Waals surface area contributed by atoms with Crippen LogP contribution in [-0.4, -0.2) is 57.2 Å². The van der Waals surface area contributed by atoms with Crippen LogP contribution in [0.1, 0.15) is 27.9 Å². The molecule has 6 rings (SSSR count). The fourth-order valence-corrected chi connectivity index (χ4v) is 4.40. The molecule has 35 heavy (non-hydrogen) atoms. The van der Waals surface area contributed by atoms with Crippen LogP contribution in [0.5, 0.6) is 0 Å². The van der Waals surface area contributed by atoms with E-state index < -0.39 is 0 Å². The van der Waals surface area contributed by atoms with Crippen LogP contribution in [0.25, 0.3) is 16.6 Å². The number of nitrogens with zero attached hydrogens (tertiary/aromatic N) is 4. The summed E-state index contributed by atoms with van der Waals surface area (Å²) in [6, 6.07) is 9.72. The van der Waals surface area contributed by atoms with Crippen LogP contribution < -0.4 is 0 Å². The summed E-state index contributed by atoms with van der Waals surface area (Å²) in [5.41, 5.74) is 6.45. The number of aromatic amines is 1. The van der Waals surface area contributed by atoms with E-state index in [1.807, 2.05) is 35.2 Å². The Hall–Kier alpha value is -4.41. The van der Waals surface area contributed by atoms with Crippen LogP contribution in [0.4, 0.5) is 0 Å². The Labute approximate surface area is 203 Å². The lowest BCUT2D eigenvalue weighted by molar-refractivity contribution is 0.0303. The van der Waals surface area contributed by atoms with Gasteiger partial charge in [-0.3, -0.25) is 9.89 Å². The molecule has 1 amide bonds. The van der Waals surface area contributed by atoms with E-state index in [1.54, 1.807) is 12.4 Å². The first-order valence-electron chi connectivity index (χ1n) is 11.6. The summed E-state index contributed by atoms with van der Waals surface area (Å²) in [6.07, 6.45) is 14.9. The molecule has 7 heteroatoms. The lowest BCUT2D eigenvalue weighted by Gasteiger charge is -2.28. The smallest absolute Gasteiger partial charge is 0.254 e. The summed E-state index contributed by atoms with van der Waals surface area (Å²) < 4.78 is 5.35. The molecule has 1 saturated heterocycles. The number of hydrogen-bond acceptors (Lipinski definition) is 5. The molecular formula is C28H23N5O2. The molecule has 5 heterocycles. The van der Waals surface area contributed by atoms with Gasteiger partial charge >= 0.3 is 0 Å². The molecule has 172 valence electrons. The van der Waals surface area contributed by atoms with Gasteiger partial charge in [0.25, 0.3) is 5.91 Å². The highest BCUT2D eigenvalue weighted by molar-refractivity contribution is 5.95. The fourth-order valence-electron chi connectivity index (χ4n) is 4.40. The van der Waals surface area contributed by atoms with E-state index in [2.05, 4.69) is 62.4 Å². The van der Waals surface area contributed by atoms with Crippen LogP contribution >= 0.6 is 0 Å². The lowest BCUT2D eigenvalue weighted by Crippen LogP contribution is -2.40. The highest BCUT2D eigenvalue weighted by Crippen LogP contribution is 2.30. The van der Waals surface area contributed by atoms with Gasteiger partial charge in [-0.2, -0.15) is 5.10 Å². The minimum Gasteiger partial charge on any atom is -0.378 e. The van der Waals surface area contributed by atoms with Gasteiger partial charge in [0.2, 0.25) is 0 Å². The zero-order chi connectivity index (χ0) is 23.6. The monoisotopic (exact) mass is 461 g/mol. The van der Waals surface area contributed by atoms with E-state index in [9.17, 15) is 4.79 Å². The molecule has 7 nitrogen and oxygen atoms in total. The van der Waals surface area contributed by atoms with E-state index in [0.717, 1.165) is 45.5 Å². The number of carbonyl (C=O) groups is 1. The number of benzene rings is 1. The van der Waals surface area contributed by atoms with E-state index in [1.165, 1.54) is 0 Å². The van der Waals surface area contributed by atoms with E-state index >= 15 is 0 Å². The number of hydrogen-bond donors (Lipinski definition) is 1. The number of morpholine rings is 1. The Balaban J connectivity index is 1.24. The maximum atomic E-state index is 12.8. The number of aromatic nitrogens is 3. The maximum Gasteiger partial charge on any atom is 0.254 e. The van der Waals surface area contributed by atoms with Gasteiger partial charge in [-0.05, 0) is 53.8 Å². The molecule has 0 saturated carbocycles.